The van der Waals surface area contributed by atoms with Gasteiger partial charge in [-0.15, -0.1) is 4.91 Å². The third kappa shape index (κ3) is 9.57. The predicted octanol–water partition coefficient (Wildman–Crippen LogP) is 7.11. The molecule has 0 amide bonds. The van der Waals surface area contributed by atoms with E-state index in [4.69, 9.17) is 37.4 Å². The number of methoxy groups -OCH3 is 1. The van der Waals surface area contributed by atoms with Crippen LogP contribution in [0.5, 0.6) is 11.5 Å². The van der Waals surface area contributed by atoms with Crippen LogP contribution in [0.2, 0.25) is 0 Å². The monoisotopic (exact) mass is 471 g/mol. The van der Waals surface area contributed by atoms with E-state index in [2.05, 4.69) is 19.0 Å². The van der Waals surface area contributed by atoms with Crippen LogP contribution in [0.25, 0.3) is 0 Å². The van der Waals surface area contributed by atoms with Gasteiger partial charge in [-0.25, -0.2) is 0 Å². The van der Waals surface area contributed by atoms with Gasteiger partial charge in [-0.3, -0.25) is 4.79 Å². The summed E-state index contributed by atoms with van der Waals surface area (Å²) in [5.74, 6) is 1.65. The molecule has 1 rings (SSSR count). The van der Waals surface area contributed by atoms with Crippen LogP contribution in [0.4, 0.5) is 0 Å². The van der Waals surface area contributed by atoms with Gasteiger partial charge in [-0.05, 0) is 42.5 Å². The van der Waals surface area contributed by atoms with Crippen molar-refractivity contribution in [2.45, 2.75) is 47.5 Å². The predicted molar refractivity (Wildman–Crippen MR) is 127 cm³/mol. The Morgan fingerprint density at radius 3 is 2.42 bits per heavy atom. The molecule has 0 saturated heterocycles. The Morgan fingerprint density at radius 2 is 1.94 bits per heavy atom. The van der Waals surface area contributed by atoms with Crippen molar-refractivity contribution in [1.82, 2.24) is 0 Å². The normalized spacial score (nSPS) is 12.4. The van der Waals surface area contributed by atoms with Crippen LogP contribution >= 0.6 is 23.2 Å². The van der Waals surface area contributed by atoms with Gasteiger partial charge < -0.3 is 14.2 Å². The highest BCUT2D eigenvalue weighted by Crippen LogP contribution is 2.32. The zero-order valence-corrected chi connectivity index (χ0v) is 20.4. The Labute approximate surface area is 194 Å². The van der Waals surface area contributed by atoms with Crippen LogP contribution in [-0.2, 0) is 16.0 Å². The molecule has 0 saturated carbocycles. The summed E-state index contributed by atoms with van der Waals surface area (Å²) in [6.45, 7) is 9.93. The van der Waals surface area contributed by atoms with Crippen LogP contribution in [0.15, 0.2) is 57.0 Å². The Morgan fingerprint density at radius 1 is 1.26 bits per heavy atom. The van der Waals surface area contributed by atoms with Crippen LogP contribution in [0.3, 0.4) is 0 Å². The van der Waals surface area contributed by atoms with E-state index in [0.717, 1.165) is 23.9 Å². The summed E-state index contributed by atoms with van der Waals surface area (Å²) >= 11 is 11.9. The third-order valence-corrected chi connectivity index (χ3v) is 4.69. The third-order valence-electron chi connectivity index (χ3n) is 4.03. The van der Waals surface area contributed by atoms with E-state index in [1.54, 1.807) is 26.2 Å². The van der Waals surface area contributed by atoms with E-state index in [0.29, 0.717) is 17.4 Å². The summed E-state index contributed by atoms with van der Waals surface area (Å²) < 4.78 is 16.2. The zero-order valence-electron chi connectivity index (χ0n) is 18.9. The summed E-state index contributed by atoms with van der Waals surface area (Å²) in [5.41, 5.74) is 2.31. The van der Waals surface area contributed by atoms with Crippen molar-refractivity contribution in [3.63, 3.8) is 0 Å². The van der Waals surface area contributed by atoms with Gasteiger partial charge in [0.25, 0.3) is 6.47 Å². The molecule has 0 fully saturated rings. The Balaban J connectivity index is 0.00000436. The molecule has 0 radical (unpaired) electrons. The SMILES string of the molecule is CC.C\C=C(N=O)/C(Oc1ccc(CCC(C)C)c(OC)c1)=C(COC=O)\C(Cl)=C\Cl. The minimum absolute atomic E-state index is 0.0194. The largest absolute Gasteiger partial charge is 0.496 e. The molecule has 0 heterocycles. The zero-order chi connectivity index (χ0) is 23.8. The van der Waals surface area contributed by atoms with Gasteiger partial charge in [0.2, 0.25) is 0 Å². The second-order valence-electron chi connectivity index (χ2n) is 6.45. The summed E-state index contributed by atoms with van der Waals surface area (Å²) in [6, 6.07) is 5.37. The number of aryl methyl sites for hydroxylation is 1. The molecule has 8 heteroatoms. The molecule has 0 aliphatic carbocycles. The minimum Gasteiger partial charge on any atom is -0.496 e. The number of rotatable bonds is 12. The van der Waals surface area contributed by atoms with E-state index in [1.807, 2.05) is 19.9 Å². The number of nitroso groups, excluding NO2 is 1. The first-order valence-electron chi connectivity index (χ1n) is 10.0. The molecule has 1 aromatic carbocycles. The van der Waals surface area contributed by atoms with Crippen molar-refractivity contribution in [3.05, 3.63) is 62.3 Å². The fraction of sp³-hybridized carbons (Fsp3) is 0.435. The fourth-order valence-corrected chi connectivity index (χ4v) is 2.75. The van der Waals surface area contributed by atoms with Crippen LogP contribution in [0.1, 0.15) is 46.6 Å². The lowest BCUT2D eigenvalue weighted by molar-refractivity contribution is -0.127. The molecular weight excluding hydrogens is 441 g/mol. The molecule has 0 bridgehead atoms. The smallest absolute Gasteiger partial charge is 0.293 e. The van der Waals surface area contributed by atoms with Gasteiger partial charge in [0.1, 0.15) is 23.8 Å². The maximum Gasteiger partial charge on any atom is 0.293 e. The fourth-order valence-electron chi connectivity index (χ4n) is 2.48. The number of nitrogens with zero attached hydrogens (tertiary/aromatic N) is 1. The first-order chi connectivity index (χ1) is 14.9. The van der Waals surface area contributed by atoms with Crippen molar-refractivity contribution in [1.29, 1.82) is 0 Å². The highest BCUT2D eigenvalue weighted by Gasteiger charge is 2.19. The Kier molecular flexibility index (Phi) is 15.2. The first-order valence-corrected chi connectivity index (χ1v) is 10.8. The standard InChI is InChI=1S/C21H25Cl2NO5.C2H6/c1-5-19(24-26)21(17(12-28-13-25)18(23)11-22)29-16-9-8-15(7-6-14(2)3)20(10-16)27-4;1-2/h5,8-11,13-14H,6-7,12H2,1-4H3;1-2H3/b18-11-,19-5+,21-17+;. The van der Waals surface area contributed by atoms with Crippen molar-refractivity contribution < 1.29 is 19.0 Å². The molecule has 172 valence electrons. The number of halogens is 2. The molecule has 6 nitrogen and oxygen atoms in total. The molecule has 0 aliphatic rings. The molecule has 0 N–H and O–H groups in total. The van der Waals surface area contributed by atoms with Gasteiger partial charge in [0.15, 0.2) is 5.76 Å². The van der Waals surface area contributed by atoms with Crippen LogP contribution < -0.4 is 9.47 Å². The second kappa shape index (κ2) is 16.4. The number of carbonyl (C=O) groups is 1. The van der Waals surface area contributed by atoms with Gasteiger partial charge in [-0.2, -0.15) is 0 Å². The molecule has 0 aromatic heterocycles. The lowest BCUT2D eigenvalue weighted by atomic mass is 10.0. The highest BCUT2D eigenvalue weighted by molar-refractivity contribution is 6.38. The van der Waals surface area contributed by atoms with Gasteiger partial charge in [-0.1, -0.05) is 63.0 Å². The number of carbonyl (C=O) groups excluding carboxylic acids is 1. The van der Waals surface area contributed by atoms with E-state index in [9.17, 15) is 9.70 Å². The van der Waals surface area contributed by atoms with Gasteiger partial charge in [0, 0.05) is 11.6 Å². The molecule has 0 atom stereocenters. The van der Waals surface area contributed by atoms with Crippen molar-refractivity contribution in [3.8, 4) is 11.5 Å². The second-order valence-corrected chi connectivity index (χ2v) is 7.07. The van der Waals surface area contributed by atoms with Gasteiger partial charge >= 0.3 is 0 Å². The molecule has 1 aromatic rings. The van der Waals surface area contributed by atoms with Gasteiger partial charge in [0.05, 0.1) is 17.7 Å². The average molecular weight is 472 g/mol. The number of hydrogen-bond acceptors (Lipinski definition) is 6. The van der Waals surface area contributed by atoms with Crippen LogP contribution in [0, 0.1) is 10.8 Å². The number of ether oxygens (including phenoxy) is 3. The number of hydrogen-bond donors (Lipinski definition) is 0. The molecular formula is C23H31Cl2NO5. The first kappa shape index (κ1) is 28.7. The average Bonchev–Trinajstić information content (AvgIpc) is 2.79. The summed E-state index contributed by atoms with van der Waals surface area (Å²) in [5, 5.41) is 3.03. The summed E-state index contributed by atoms with van der Waals surface area (Å²) in [7, 11) is 1.58. The highest BCUT2D eigenvalue weighted by atomic mass is 35.5. The maximum atomic E-state index is 11.3. The van der Waals surface area contributed by atoms with E-state index in [1.165, 1.54) is 6.08 Å². The number of allylic oxidation sites excluding steroid dienone is 1. The lowest BCUT2D eigenvalue weighted by Gasteiger charge is -2.16. The van der Waals surface area contributed by atoms with Crippen molar-refractivity contribution in [2.75, 3.05) is 13.7 Å². The van der Waals surface area contributed by atoms with E-state index >= 15 is 0 Å². The summed E-state index contributed by atoms with van der Waals surface area (Å²) in [4.78, 5) is 22.0. The molecule has 0 aliphatic heterocycles. The minimum atomic E-state index is -0.253. The number of benzene rings is 1. The van der Waals surface area contributed by atoms with Crippen molar-refractivity contribution in [2.24, 2.45) is 11.1 Å². The van der Waals surface area contributed by atoms with E-state index < -0.39 is 0 Å². The van der Waals surface area contributed by atoms with Crippen molar-refractivity contribution >= 4 is 29.7 Å². The molecule has 0 spiro atoms. The Hall–Kier alpha value is -2.31. The maximum absolute atomic E-state index is 11.3. The van der Waals surface area contributed by atoms with E-state index in [-0.39, 0.29) is 35.1 Å². The lowest BCUT2D eigenvalue weighted by Crippen LogP contribution is -2.08. The Bertz CT molecular complexity index is 801. The van der Waals surface area contributed by atoms with Crippen LogP contribution in [-0.4, -0.2) is 20.2 Å². The topological polar surface area (TPSA) is 74.2 Å². The molecule has 31 heavy (non-hydrogen) atoms. The molecule has 0 unspecified atom stereocenters. The summed E-state index contributed by atoms with van der Waals surface area (Å²) in [6.07, 6.45) is 3.33. The quantitative estimate of drug-likeness (QED) is 0.140.